The number of nitriles is 4. The van der Waals surface area contributed by atoms with Crippen LogP contribution in [-0.2, 0) is 0 Å². The lowest BCUT2D eigenvalue weighted by Gasteiger charge is -2.14. The Morgan fingerprint density at radius 1 is 0.467 bits per heavy atom. The van der Waals surface area contributed by atoms with E-state index in [1.165, 1.54) is 0 Å². The van der Waals surface area contributed by atoms with Crippen molar-refractivity contribution in [3.05, 3.63) is 144 Å². The molecule has 0 radical (unpaired) electrons. The van der Waals surface area contributed by atoms with Crippen LogP contribution in [0.5, 0.6) is 0 Å². The minimum absolute atomic E-state index is 0.420. The lowest BCUT2D eigenvalue weighted by molar-refractivity contribution is 1.17. The van der Waals surface area contributed by atoms with Crippen LogP contribution in [0.3, 0.4) is 0 Å². The minimum atomic E-state index is 0.420. The van der Waals surface area contributed by atoms with E-state index in [2.05, 4.69) is 70.2 Å². The van der Waals surface area contributed by atoms with Gasteiger partial charge in [-0.3, -0.25) is 4.98 Å². The Bertz CT molecular complexity index is 2280. The van der Waals surface area contributed by atoms with Gasteiger partial charge in [-0.1, -0.05) is 36.4 Å². The highest BCUT2D eigenvalue weighted by Gasteiger charge is 2.18. The van der Waals surface area contributed by atoms with Crippen molar-refractivity contribution in [2.75, 3.05) is 0 Å². The molecule has 0 bridgehead atoms. The first-order valence-corrected chi connectivity index (χ1v) is 14.1. The van der Waals surface area contributed by atoms with Crippen molar-refractivity contribution >= 4 is 21.8 Å². The van der Waals surface area contributed by atoms with Gasteiger partial charge in [0.25, 0.3) is 0 Å². The summed E-state index contributed by atoms with van der Waals surface area (Å²) >= 11 is 0. The fraction of sp³-hybridized carbons (Fsp3) is 0. The van der Waals surface area contributed by atoms with Crippen molar-refractivity contribution in [1.29, 1.82) is 21.0 Å². The average molecular weight is 573 g/mol. The Kier molecular flexibility index (Phi) is 6.58. The lowest BCUT2D eigenvalue weighted by atomic mass is 9.97. The fourth-order valence-electron chi connectivity index (χ4n) is 5.90. The zero-order chi connectivity index (χ0) is 30.9. The highest BCUT2D eigenvalue weighted by Crippen LogP contribution is 2.39. The van der Waals surface area contributed by atoms with Crippen LogP contribution in [-0.4, -0.2) is 9.55 Å². The molecule has 7 rings (SSSR count). The molecule has 5 aromatic carbocycles. The Labute approximate surface area is 259 Å². The van der Waals surface area contributed by atoms with E-state index >= 15 is 0 Å². The van der Waals surface area contributed by atoms with Crippen molar-refractivity contribution in [2.45, 2.75) is 0 Å². The number of aromatic nitrogens is 2. The van der Waals surface area contributed by atoms with Gasteiger partial charge in [0, 0.05) is 22.5 Å². The summed E-state index contributed by atoms with van der Waals surface area (Å²) in [5, 5.41) is 40.3. The van der Waals surface area contributed by atoms with Gasteiger partial charge in [-0.15, -0.1) is 0 Å². The molecule has 45 heavy (non-hydrogen) atoms. The minimum Gasteiger partial charge on any atom is -0.309 e. The zero-order valence-electron chi connectivity index (χ0n) is 23.7. The van der Waals surface area contributed by atoms with Gasteiger partial charge in [0.05, 0.1) is 68.9 Å². The number of rotatable bonds is 4. The molecule has 0 unspecified atom stereocenters. The quantitative estimate of drug-likeness (QED) is 0.209. The SMILES string of the molecule is N#Cc1cc(C#N)cc(-c2ccc3c(c2)c2cc(-c4cc(C#N)cc(C#N)c4)ccc2n3-c2ccccc2-c2ccccn2)c1. The van der Waals surface area contributed by atoms with Gasteiger partial charge in [0.2, 0.25) is 0 Å². The lowest BCUT2D eigenvalue weighted by Crippen LogP contribution is -1.98. The molecule has 0 saturated carbocycles. The molecule has 0 N–H and O–H groups in total. The topological polar surface area (TPSA) is 113 Å². The van der Waals surface area contributed by atoms with Gasteiger partial charge in [-0.05, 0) is 101 Å². The number of pyridine rings is 1. The van der Waals surface area contributed by atoms with Crippen molar-refractivity contribution < 1.29 is 0 Å². The molecule has 0 aliphatic carbocycles. The number of benzene rings is 5. The summed E-state index contributed by atoms with van der Waals surface area (Å²) in [6.45, 7) is 0. The van der Waals surface area contributed by atoms with Gasteiger partial charge in [-0.25, -0.2) is 0 Å². The molecule has 0 aliphatic heterocycles. The summed E-state index contributed by atoms with van der Waals surface area (Å²) in [6.07, 6.45) is 1.78. The van der Waals surface area contributed by atoms with Gasteiger partial charge in [0.1, 0.15) is 0 Å². The van der Waals surface area contributed by atoms with Gasteiger partial charge < -0.3 is 4.57 Å². The van der Waals surface area contributed by atoms with Crippen LogP contribution in [0.2, 0.25) is 0 Å². The van der Waals surface area contributed by atoms with Gasteiger partial charge >= 0.3 is 0 Å². The normalized spacial score (nSPS) is 10.6. The first-order chi connectivity index (χ1) is 22.1. The molecule has 0 fully saturated rings. The summed E-state index contributed by atoms with van der Waals surface area (Å²) in [5.41, 5.74) is 9.71. The number of hydrogen-bond donors (Lipinski definition) is 0. The molecular weight excluding hydrogens is 552 g/mol. The molecule has 0 amide bonds. The highest BCUT2D eigenvalue weighted by atomic mass is 15.0. The monoisotopic (exact) mass is 572 g/mol. The maximum Gasteiger partial charge on any atom is 0.0992 e. The van der Waals surface area contributed by atoms with Gasteiger partial charge in [-0.2, -0.15) is 21.0 Å². The number of hydrogen-bond acceptors (Lipinski definition) is 5. The number of fused-ring (bicyclic) bond motifs is 3. The van der Waals surface area contributed by atoms with Crippen LogP contribution in [0.25, 0.3) is 61.0 Å². The van der Waals surface area contributed by atoms with E-state index < -0.39 is 0 Å². The second-order valence-corrected chi connectivity index (χ2v) is 10.6. The van der Waals surface area contributed by atoms with Crippen LogP contribution >= 0.6 is 0 Å². The first kappa shape index (κ1) is 26.9. The Morgan fingerprint density at radius 2 is 0.956 bits per heavy atom. The van der Waals surface area contributed by atoms with Crippen molar-refractivity contribution in [3.8, 4) is 63.5 Å². The van der Waals surface area contributed by atoms with Gasteiger partial charge in [0.15, 0.2) is 0 Å². The van der Waals surface area contributed by atoms with E-state index in [9.17, 15) is 21.0 Å². The highest BCUT2D eigenvalue weighted by molar-refractivity contribution is 6.12. The van der Waals surface area contributed by atoms with E-state index in [4.69, 9.17) is 0 Å². The van der Waals surface area contributed by atoms with Crippen LogP contribution in [0.1, 0.15) is 22.3 Å². The second kappa shape index (κ2) is 11.0. The fourth-order valence-corrected chi connectivity index (χ4v) is 5.90. The molecule has 0 atom stereocenters. The molecule has 6 heteroatoms. The summed E-state index contributed by atoms with van der Waals surface area (Å²) in [7, 11) is 0. The Morgan fingerprint density at radius 3 is 1.42 bits per heavy atom. The van der Waals surface area contributed by atoms with E-state index in [0.717, 1.165) is 61.0 Å². The maximum atomic E-state index is 9.60. The average Bonchev–Trinajstić information content (AvgIpc) is 3.44. The standard InChI is InChI=1S/C39H20N6/c40-21-25-13-26(22-41)16-31(15-25)29-8-10-38-34(19-29)35-20-30(32-17-27(23-42)14-28(18-32)24-43)9-11-39(35)45(38)37-7-2-1-5-33(37)36-6-3-4-12-44-36/h1-20H. The second-order valence-electron chi connectivity index (χ2n) is 10.6. The summed E-state index contributed by atoms with van der Waals surface area (Å²) in [6, 6.07) is 45.3. The third kappa shape index (κ3) is 4.72. The third-order valence-electron chi connectivity index (χ3n) is 7.90. The number of nitrogens with zero attached hydrogens (tertiary/aromatic N) is 6. The van der Waals surface area contributed by atoms with Crippen LogP contribution in [0.4, 0.5) is 0 Å². The zero-order valence-corrected chi connectivity index (χ0v) is 23.7. The smallest absolute Gasteiger partial charge is 0.0992 e. The predicted octanol–water partition coefficient (Wildman–Crippen LogP) is 8.67. The first-order valence-electron chi connectivity index (χ1n) is 14.1. The largest absolute Gasteiger partial charge is 0.309 e. The van der Waals surface area contributed by atoms with Crippen LogP contribution in [0, 0.1) is 45.3 Å². The molecule has 0 aliphatic rings. The molecule has 2 aromatic heterocycles. The Balaban J connectivity index is 1.54. The maximum absolute atomic E-state index is 9.60. The number of para-hydroxylation sites is 1. The summed E-state index contributed by atoms with van der Waals surface area (Å²) in [5.74, 6) is 0. The van der Waals surface area contributed by atoms with Crippen molar-refractivity contribution in [2.24, 2.45) is 0 Å². The molecule has 0 saturated heterocycles. The molecule has 0 spiro atoms. The van der Waals surface area contributed by atoms with Crippen molar-refractivity contribution in [3.63, 3.8) is 0 Å². The third-order valence-corrected chi connectivity index (χ3v) is 7.90. The van der Waals surface area contributed by atoms with Crippen molar-refractivity contribution in [1.82, 2.24) is 9.55 Å². The Hall–Kier alpha value is -6.99. The van der Waals surface area contributed by atoms with E-state index in [0.29, 0.717) is 22.3 Å². The predicted molar refractivity (Wildman–Crippen MR) is 174 cm³/mol. The van der Waals surface area contributed by atoms with Crippen LogP contribution < -0.4 is 0 Å². The van der Waals surface area contributed by atoms with E-state index in [1.807, 2.05) is 42.5 Å². The summed E-state index contributed by atoms with van der Waals surface area (Å²) < 4.78 is 2.22. The van der Waals surface area contributed by atoms with E-state index in [1.54, 1.807) is 42.6 Å². The molecule has 7 aromatic rings. The van der Waals surface area contributed by atoms with Crippen LogP contribution in [0.15, 0.2) is 121 Å². The molecule has 6 nitrogen and oxygen atoms in total. The van der Waals surface area contributed by atoms with E-state index in [-0.39, 0.29) is 0 Å². The molecular formula is C39H20N6. The summed E-state index contributed by atoms with van der Waals surface area (Å²) in [4.78, 5) is 4.63. The molecule has 2 heterocycles. The molecule has 206 valence electrons.